The van der Waals surface area contributed by atoms with Gasteiger partial charge < -0.3 is 15.7 Å². The lowest BCUT2D eigenvalue weighted by Gasteiger charge is -2.21. The van der Waals surface area contributed by atoms with E-state index in [9.17, 15) is 23.1 Å². The number of nitrogens with one attached hydrogen (secondary N) is 2. The van der Waals surface area contributed by atoms with Crippen LogP contribution in [0.15, 0.2) is 60.9 Å². The Bertz CT molecular complexity index is 1230. The molecule has 162 valence electrons. The SMILES string of the molecule is CC(C)(C(=O)Nc1ccc(NC(=O)c2cnn(-c3ccccc3)c2)c(O)c1)S(C)(=O)=O. The summed E-state index contributed by atoms with van der Waals surface area (Å²) in [5.74, 6) is -1.51. The summed E-state index contributed by atoms with van der Waals surface area (Å²) in [5.41, 5.74) is 1.39. The third-order valence-electron chi connectivity index (χ3n) is 4.84. The number of amides is 2. The molecule has 9 nitrogen and oxygen atoms in total. The normalized spacial score (nSPS) is 11.7. The van der Waals surface area contributed by atoms with E-state index in [2.05, 4.69) is 15.7 Å². The maximum absolute atomic E-state index is 12.5. The van der Waals surface area contributed by atoms with E-state index < -0.39 is 26.4 Å². The van der Waals surface area contributed by atoms with Gasteiger partial charge in [-0.1, -0.05) is 18.2 Å². The summed E-state index contributed by atoms with van der Waals surface area (Å²) in [7, 11) is -3.64. The molecule has 0 saturated heterocycles. The van der Waals surface area contributed by atoms with Gasteiger partial charge in [0.05, 0.1) is 23.1 Å². The Morgan fingerprint density at radius 1 is 1.06 bits per heavy atom. The van der Waals surface area contributed by atoms with Crippen LogP contribution in [-0.2, 0) is 14.6 Å². The van der Waals surface area contributed by atoms with E-state index in [4.69, 9.17) is 0 Å². The van der Waals surface area contributed by atoms with Crippen LogP contribution in [0.1, 0.15) is 24.2 Å². The molecule has 0 spiro atoms. The average molecular weight is 442 g/mol. The fraction of sp³-hybridized carbons (Fsp3) is 0.190. The quantitative estimate of drug-likeness (QED) is 0.503. The Hall–Kier alpha value is -3.66. The number of phenolic OH excluding ortho intramolecular Hbond substituents is 1. The Morgan fingerprint density at radius 3 is 2.35 bits per heavy atom. The molecule has 3 N–H and O–H groups in total. The number of carbonyl (C=O) groups is 2. The second kappa shape index (κ2) is 8.23. The maximum Gasteiger partial charge on any atom is 0.258 e. The van der Waals surface area contributed by atoms with E-state index in [1.165, 1.54) is 38.2 Å². The molecule has 0 saturated carbocycles. The predicted molar refractivity (Wildman–Crippen MR) is 117 cm³/mol. The summed E-state index contributed by atoms with van der Waals surface area (Å²) in [6.07, 6.45) is 3.94. The van der Waals surface area contributed by atoms with Crippen molar-refractivity contribution in [2.24, 2.45) is 0 Å². The van der Waals surface area contributed by atoms with Gasteiger partial charge in [-0.15, -0.1) is 0 Å². The molecule has 0 atom stereocenters. The van der Waals surface area contributed by atoms with E-state index in [0.29, 0.717) is 0 Å². The molecule has 0 fully saturated rings. The predicted octanol–water partition coefficient (Wildman–Crippen LogP) is 2.59. The van der Waals surface area contributed by atoms with Crippen LogP contribution in [0, 0.1) is 0 Å². The molecule has 1 aromatic heterocycles. The van der Waals surface area contributed by atoms with Gasteiger partial charge >= 0.3 is 0 Å². The molecule has 2 amide bonds. The van der Waals surface area contributed by atoms with Crippen molar-refractivity contribution in [1.82, 2.24) is 9.78 Å². The van der Waals surface area contributed by atoms with Gasteiger partial charge in [0, 0.05) is 24.2 Å². The van der Waals surface area contributed by atoms with Gasteiger partial charge in [0.2, 0.25) is 5.91 Å². The minimum absolute atomic E-state index is 0.123. The summed E-state index contributed by atoms with van der Waals surface area (Å²) in [6.45, 7) is 2.59. The molecule has 0 aliphatic carbocycles. The number of benzene rings is 2. The molecule has 0 unspecified atom stereocenters. The second-order valence-electron chi connectivity index (χ2n) is 7.43. The lowest BCUT2D eigenvalue weighted by Crippen LogP contribution is -2.43. The molecule has 3 aromatic rings. The zero-order chi connectivity index (χ0) is 22.8. The number of para-hydroxylation sites is 1. The summed E-state index contributed by atoms with van der Waals surface area (Å²) in [6, 6.07) is 13.3. The minimum atomic E-state index is -3.64. The smallest absolute Gasteiger partial charge is 0.258 e. The standard InChI is InChI=1S/C21H22N4O5S/c1-21(2,31(3,29)30)20(28)23-15-9-10-17(18(26)11-15)24-19(27)14-12-22-25(13-14)16-7-5-4-6-8-16/h4-13,26H,1-3H3,(H,23,28)(H,24,27). The van der Waals surface area contributed by atoms with E-state index in [0.717, 1.165) is 11.9 Å². The molecule has 10 heteroatoms. The van der Waals surface area contributed by atoms with Gasteiger partial charge in [-0.25, -0.2) is 13.1 Å². The topological polar surface area (TPSA) is 130 Å². The van der Waals surface area contributed by atoms with Gasteiger partial charge in [0.1, 0.15) is 10.5 Å². The number of aromatic nitrogens is 2. The Kier molecular flexibility index (Phi) is 5.85. The number of aromatic hydroxyl groups is 1. The van der Waals surface area contributed by atoms with Crippen molar-refractivity contribution in [1.29, 1.82) is 0 Å². The van der Waals surface area contributed by atoms with Crippen molar-refractivity contribution in [2.45, 2.75) is 18.6 Å². The van der Waals surface area contributed by atoms with Crippen LogP contribution >= 0.6 is 0 Å². The molecule has 31 heavy (non-hydrogen) atoms. The van der Waals surface area contributed by atoms with Crippen molar-refractivity contribution < 1.29 is 23.1 Å². The number of sulfone groups is 1. The number of nitrogens with zero attached hydrogens (tertiary/aromatic N) is 2. The second-order valence-corrected chi connectivity index (χ2v) is 10.00. The molecule has 0 aliphatic heterocycles. The van der Waals surface area contributed by atoms with Crippen molar-refractivity contribution in [3.63, 3.8) is 0 Å². The van der Waals surface area contributed by atoms with Gasteiger partial charge in [-0.05, 0) is 38.1 Å². The first-order chi connectivity index (χ1) is 14.5. The fourth-order valence-electron chi connectivity index (χ4n) is 2.52. The van der Waals surface area contributed by atoms with Crippen molar-refractivity contribution in [2.75, 3.05) is 16.9 Å². The van der Waals surface area contributed by atoms with Gasteiger partial charge in [0.15, 0.2) is 9.84 Å². The highest BCUT2D eigenvalue weighted by molar-refractivity contribution is 7.92. The highest BCUT2D eigenvalue weighted by atomic mass is 32.2. The average Bonchev–Trinajstić information content (AvgIpc) is 3.20. The Labute approximate surface area is 179 Å². The van der Waals surface area contributed by atoms with Crippen LogP contribution in [0.5, 0.6) is 5.75 Å². The molecule has 3 rings (SSSR count). The van der Waals surface area contributed by atoms with E-state index in [-0.39, 0.29) is 22.7 Å². The molecule has 0 bridgehead atoms. The fourth-order valence-corrected chi connectivity index (χ4v) is 2.91. The number of anilines is 2. The molecular formula is C21H22N4O5S. The zero-order valence-corrected chi connectivity index (χ0v) is 18.0. The Balaban J connectivity index is 1.72. The lowest BCUT2D eigenvalue weighted by molar-refractivity contribution is -0.117. The number of carbonyl (C=O) groups excluding carboxylic acids is 2. The molecule has 0 aliphatic rings. The largest absolute Gasteiger partial charge is 0.506 e. The van der Waals surface area contributed by atoms with Gasteiger partial charge in [-0.3, -0.25) is 9.59 Å². The molecular weight excluding hydrogens is 420 g/mol. The summed E-state index contributed by atoms with van der Waals surface area (Å²) < 4.78 is 23.5. The monoisotopic (exact) mass is 442 g/mol. The van der Waals surface area contributed by atoms with Crippen molar-refractivity contribution in [3.8, 4) is 11.4 Å². The van der Waals surface area contributed by atoms with E-state index >= 15 is 0 Å². The summed E-state index contributed by atoms with van der Waals surface area (Å²) in [5, 5.41) is 19.4. The number of phenols is 1. The summed E-state index contributed by atoms with van der Waals surface area (Å²) in [4.78, 5) is 24.8. The van der Waals surface area contributed by atoms with Gasteiger partial charge in [0.25, 0.3) is 5.91 Å². The number of rotatable bonds is 6. The van der Waals surface area contributed by atoms with Crippen LogP contribution in [0.4, 0.5) is 11.4 Å². The van der Waals surface area contributed by atoms with Crippen LogP contribution in [0.25, 0.3) is 5.69 Å². The highest BCUT2D eigenvalue weighted by Crippen LogP contribution is 2.28. The maximum atomic E-state index is 12.5. The number of hydrogen-bond donors (Lipinski definition) is 3. The first-order valence-electron chi connectivity index (χ1n) is 9.24. The third-order valence-corrected chi connectivity index (χ3v) is 6.88. The van der Waals surface area contributed by atoms with Crippen molar-refractivity contribution >= 4 is 33.0 Å². The van der Waals surface area contributed by atoms with E-state index in [1.54, 1.807) is 10.9 Å². The van der Waals surface area contributed by atoms with Gasteiger partial charge in [-0.2, -0.15) is 5.10 Å². The molecule has 2 aromatic carbocycles. The third kappa shape index (κ3) is 4.75. The van der Waals surface area contributed by atoms with E-state index in [1.807, 2.05) is 30.3 Å². The first-order valence-corrected chi connectivity index (χ1v) is 11.1. The van der Waals surface area contributed by atoms with Crippen LogP contribution in [-0.4, -0.2) is 46.1 Å². The minimum Gasteiger partial charge on any atom is -0.506 e. The molecule has 0 radical (unpaired) electrons. The van der Waals surface area contributed by atoms with Crippen LogP contribution in [0.3, 0.4) is 0 Å². The molecule has 1 heterocycles. The number of hydrogen-bond acceptors (Lipinski definition) is 6. The lowest BCUT2D eigenvalue weighted by atomic mass is 10.1. The van der Waals surface area contributed by atoms with Crippen LogP contribution in [0.2, 0.25) is 0 Å². The first kappa shape index (κ1) is 22.0. The summed E-state index contributed by atoms with van der Waals surface area (Å²) >= 11 is 0. The highest BCUT2D eigenvalue weighted by Gasteiger charge is 2.38. The van der Waals surface area contributed by atoms with Crippen LogP contribution < -0.4 is 10.6 Å². The Morgan fingerprint density at radius 2 is 1.74 bits per heavy atom. The van der Waals surface area contributed by atoms with Crippen molar-refractivity contribution in [3.05, 3.63) is 66.5 Å². The zero-order valence-electron chi connectivity index (χ0n) is 17.2.